The molecule has 0 aromatic heterocycles. The van der Waals surface area contributed by atoms with Crippen LogP contribution in [0.1, 0.15) is 6.92 Å². The lowest BCUT2D eigenvalue weighted by Gasteiger charge is -1.87. The van der Waals surface area contributed by atoms with Crippen LogP contribution in [-0.2, 0) is 9.59 Å². The van der Waals surface area contributed by atoms with E-state index in [2.05, 4.69) is 5.73 Å². The van der Waals surface area contributed by atoms with Crippen LogP contribution in [0.3, 0.4) is 0 Å². The van der Waals surface area contributed by atoms with Crippen molar-refractivity contribution in [3.05, 3.63) is 0 Å². The Balaban J connectivity index is -0.0000000383. The van der Waals surface area contributed by atoms with Gasteiger partial charge in [-0.15, -0.1) is 0 Å². The van der Waals surface area contributed by atoms with Gasteiger partial charge in [0.1, 0.15) is 0 Å². The molecule has 0 atom stereocenters. The van der Waals surface area contributed by atoms with Crippen molar-refractivity contribution in [2.24, 2.45) is 5.73 Å². The van der Waals surface area contributed by atoms with Crippen molar-refractivity contribution in [3.8, 4) is 0 Å². The highest BCUT2D eigenvalue weighted by atomic mass is 16.4. The zero-order valence-corrected chi connectivity index (χ0v) is 6.92. The van der Waals surface area contributed by atoms with Gasteiger partial charge >= 0.3 is 0 Å². The van der Waals surface area contributed by atoms with Crippen molar-refractivity contribution in [2.45, 2.75) is 6.92 Å². The molecule has 0 saturated carbocycles. The molecule has 7 heteroatoms. The molecule has 0 rings (SSSR count). The molecule has 0 aromatic carbocycles. The molecule has 11 heavy (non-hydrogen) atoms. The number of carbonyl (C=O) groups is 2. The zero-order chi connectivity index (χ0) is 7.86. The molecule has 10 N–H and O–H groups in total. The average molecular weight is 169 g/mol. The number of carbonyl (C=O) groups excluding carboxylic acids is 2. The number of rotatable bonds is 1. The maximum Gasteiger partial charge on any atom is 0.0550 e. The first-order valence-corrected chi connectivity index (χ1v) is 2.08. The van der Waals surface area contributed by atoms with Gasteiger partial charge in [0, 0.05) is 12.5 Å². The quantitative estimate of drug-likeness (QED) is 0.382. The summed E-state index contributed by atoms with van der Waals surface area (Å²) < 4.78 is 0. The number of nitrogens with two attached hydrogens (primary N) is 1. The lowest BCUT2D eigenvalue weighted by molar-refractivity contribution is -0.304. The van der Waals surface area contributed by atoms with E-state index in [9.17, 15) is 0 Å². The van der Waals surface area contributed by atoms with Gasteiger partial charge in [-0.3, -0.25) is 0 Å². The molecule has 7 nitrogen and oxygen atoms in total. The van der Waals surface area contributed by atoms with E-state index in [-0.39, 0.29) is 18.8 Å². The monoisotopic (exact) mass is 169 g/mol. The molecule has 0 aliphatic carbocycles. The molecule has 0 heterocycles. The Morgan fingerprint density at radius 1 is 1.27 bits per heavy atom. The summed E-state index contributed by atoms with van der Waals surface area (Å²) in [7, 11) is 0. The van der Waals surface area contributed by atoms with Gasteiger partial charge in [-0.2, -0.15) is 0 Å². The summed E-state index contributed by atoms with van der Waals surface area (Å²) in [5.74, 6) is -2.30. The lowest BCUT2D eigenvalue weighted by Crippen LogP contribution is -2.30. The minimum Gasteiger partial charge on any atom is -0.550 e. The first-order chi connectivity index (χ1) is 4.00. The van der Waals surface area contributed by atoms with Crippen molar-refractivity contribution >= 4 is 11.9 Å². The maximum atomic E-state index is 9.13. The van der Waals surface area contributed by atoms with Crippen LogP contribution >= 0.6 is 0 Å². The Bertz CT molecular complexity index is 102. The molecule has 0 unspecified atom stereocenters. The van der Waals surface area contributed by atoms with E-state index in [1.165, 1.54) is 0 Å². The topological polar surface area (TPSA) is 179 Å². The van der Waals surface area contributed by atoms with Gasteiger partial charge in [0.15, 0.2) is 0 Å². The van der Waals surface area contributed by atoms with Gasteiger partial charge in [0.2, 0.25) is 0 Å². The number of aliphatic carboxylic acids is 2. The summed E-state index contributed by atoms with van der Waals surface area (Å²) in [4.78, 5) is 18.0. The highest BCUT2D eigenvalue weighted by molar-refractivity contribution is 5.66. The van der Waals surface area contributed by atoms with Crippen LogP contribution in [0.2, 0.25) is 0 Å². The van der Waals surface area contributed by atoms with Gasteiger partial charge in [0.25, 0.3) is 0 Å². The van der Waals surface area contributed by atoms with Crippen molar-refractivity contribution in [1.82, 2.24) is 12.3 Å². The predicted molar refractivity (Wildman–Crippen MR) is 36.7 cm³/mol. The maximum absolute atomic E-state index is 9.13. The Hall–Kier alpha value is -1.18. The molecule has 0 bridgehead atoms. The van der Waals surface area contributed by atoms with E-state index in [1.807, 2.05) is 0 Å². The molecule has 70 valence electrons. The van der Waals surface area contributed by atoms with E-state index in [1.54, 1.807) is 0 Å². The highest BCUT2D eigenvalue weighted by Gasteiger charge is 1.65. The Morgan fingerprint density at radius 2 is 1.36 bits per heavy atom. The fourth-order valence-corrected chi connectivity index (χ4v) is 0. The molecule has 0 aliphatic heterocycles. The third kappa shape index (κ3) is 610. The van der Waals surface area contributed by atoms with Crippen LogP contribution in [0.4, 0.5) is 0 Å². The van der Waals surface area contributed by atoms with Crippen LogP contribution in [0.25, 0.3) is 0 Å². The first-order valence-electron chi connectivity index (χ1n) is 2.08. The van der Waals surface area contributed by atoms with E-state index < -0.39 is 11.9 Å². The van der Waals surface area contributed by atoms with Gasteiger partial charge in [-0.05, 0) is 6.92 Å². The molecule has 0 fully saturated rings. The fraction of sp³-hybridized carbons (Fsp3) is 0.500. The van der Waals surface area contributed by atoms with Crippen LogP contribution in [-0.4, -0.2) is 18.5 Å². The predicted octanol–water partition coefficient (Wildman–Crippen LogP) is -2.80. The summed E-state index contributed by atoms with van der Waals surface area (Å²) in [5, 5.41) is 18.0. The number of carboxylic acid groups (broad SMARTS) is 2. The number of carboxylic acids is 2. The van der Waals surface area contributed by atoms with Crippen LogP contribution in [0.5, 0.6) is 0 Å². The van der Waals surface area contributed by atoms with Gasteiger partial charge in [-0.1, -0.05) is 0 Å². The van der Waals surface area contributed by atoms with Crippen LogP contribution < -0.4 is 28.2 Å². The van der Waals surface area contributed by atoms with E-state index in [0.717, 1.165) is 6.92 Å². The largest absolute Gasteiger partial charge is 0.550 e. The molecule has 0 aromatic rings. The second-order valence-corrected chi connectivity index (χ2v) is 1.07. The molecule has 0 radical (unpaired) electrons. The van der Waals surface area contributed by atoms with Crippen LogP contribution in [0.15, 0.2) is 0 Å². The molecule has 0 spiro atoms. The van der Waals surface area contributed by atoms with Crippen molar-refractivity contribution in [3.63, 3.8) is 0 Å². The Morgan fingerprint density at radius 3 is 1.36 bits per heavy atom. The second-order valence-electron chi connectivity index (χ2n) is 1.07. The molecule has 0 aliphatic rings. The lowest BCUT2D eigenvalue weighted by atomic mass is 10.7. The summed E-state index contributed by atoms with van der Waals surface area (Å²) in [5.41, 5.74) is 4.51. The summed E-state index contributed by atoms with van der Waals surface area (Å²) in [6.45, 7) is 0.583. The van der Waals surface area contributed by atoms with E-state index in [4.69, 9.17) is 19.8 Å². The third-order valence-electron chi connectivity index (χ3n) is 0.167. The van der Waals surface area contributed by atoms with Gasteiger partial charge in [-0.25, -0.2) is 0 Å². The first kappa shape index (κ1) is 22.6. The summed E-state index contributed by atoms with van der Waals surface area (Å²) in [6.07, 6.45) is 0. The Kier molecular flexibility index (Phi) is 32.6. The number of hydrogen-bond acceptors (Lipinski definition) is 5. The zero-order valence-electron chi connectivity index (χ0n) is 6.92. The van der Waals surface area contributed by atoms with Gasteiger partial charge < -0.3 is 37.8 Å². The number of quaternary nitrogens is 2. The van der Waals surface area contributed by atoms with Gasteiger partial charge in [0.05, 0.1) is 5.97 Å². The fourth-order valence-electron chi connectivity index (χ4n) is 0. The third-order valence-corrected chi connectivity index (χ3v) is 0.167. The normalized spacial score (nSPS) is 5.64. The van der Waals surface area contributed by atoms with Crippen molar-refractivity contribution < 1.29 is 19.8 Å². The SMILES string of the molecule is CC(=O)[O-].NCC(=O)[O-].[NH4+].[NH4+]. The standard InChI is InChI=1S/C2H5NO2.C2H4O2.2H3N/c3-1-2(4)5;1-2(3)4;;/h1,3H2,(H,4,5);1H3,(H,3,4);2*1H3. The molecule has 0 amide bonds. The molecular weight excluding hydrogens is 154 g/mol. The van der Waals surface area contributed by atoms with Crippen LogP contribution in [0, 0.1) is 0 Å². The minimum atomic E-state index is -1.22. The molecular formula is C4H15N3O4. The van der Waals surface area contributed by atoms with Crippen molar-refractivity contribution in [1.29, 1.82) is 0 Å². The second kappa shape index (κ2) is 15.9. The molecule has 0 saturated heterocycles. The van der Waals surface area contributed by atoms with E-state index >= 15 is 0 Å². The summed E-state index contributed by atoms with van der Waals surface area (Å²) in [6, 6.07) is 0. The van der Waals surface area contributed by atoms with Crippen molar-refractivity contribution in [2.75, 3.05) is 6.54 Å². The summed E-state index contributed by atoms with van der Waals surface area (Å²) >= 11 is 0. The average Bonchev–Trinajstić information content (AvgIpc) is 1.65. The minimum absolute atomic E-state index is 0. The number of hydrogen-bond donors (Lipinski definition) is 3. The smallest absolute Gasteiger partial charge is 0.0550 e. The Labute approximate surface area is 64.4 Å². The van der Waals surface area contributed by atoms with E-state index in [0.29, 0.717) is 0 Å². The highest BCUT2D eigenvalue weighted by Crippen LogP contribution is 1.34.